The number of nitrogens with one attached hydrogen (secondary N) is 2. The van der Waals surface area contributed by atoms with Crippen LogP contribution in [0, 0.1) is 11.3 Å². The van der Waals surface area contributed by atoms with E-state index in [4.69, 9.17) is 19.5 Å². The number of hydrazine groups is 1. The number of ether oxygens (including phenoxy) is 3. The Morgan fingerprint density at radius 3 is 2.27 bits per heavy atom. The van der Waals surface area contributed by atoms with Crippen molar-refractivity contribution in [2.24, 2.45) is 0 Å². The highest BCUT2D eigenvalue weighted by molar-refractivity contribution is 5.82. The molecule has 3 aromatic rings. The monoisotopic (exact) mass is 443 g/mol. The molecule has 2 N–H and O–H groups in total. The van der Waals surface area contributed by atoms with Gasteiger partial charge in [-0.05, 0) is 59.5 Å². The zero-order valence-corrected chi connectivity index (χ0v) is 17.7. The second-order valence-corrected chi connectivity index (χ2v) is 7.29. The summed E-state index contributed by atoms with van der Waals surface area (Å²) in [6.45, 7) is -0.0344. The van der Waals surface area contributed by atoms with Crippen molar-refractivity contribution in [2.45, 2.75) is 12.8 Å². The minimum Gasteiger partial charge on any atom is -0.484 e. The van der Waals surface area contributed by atoms with Crippen LogP contribution in [0.1, 0.15) is 17.5 Å². The zero-order chi connectivity index (χ0) is 23.0. The molecule has 8 nitrogen and oxygen atoms in total. The van der Waals surface area contributed by atoms with Crippen LogP contribution in [0.25, 0.3) is 11.1 Å². The largest absolute Gasteiger partial charge is 0.484 e. The minimum atomic E-state index is -0.470. The quantitative estimate of drug-likeness (QED) is 0.543. The summed E-state index contributed by atoms with van der Waals surface area (Å²) >= 11 is 0. The van der Waals surface area contributed by atoms with Crippen molar-refractivity contribution in [2.75, 3.05) is 13.4 Å². The fourth-order valence-electron chi connectivity index (χ4n) is 3.22. The van der Waals surface area contributed by atoms with Crippen LogP contribution in [-0.4, -0.2) is 25.2 Å². The molecule has 0 unspecified atom stereocenters. The van der Waals surface area contributed by atoms with Crippen LogP contribution < -0.4 is 25.1 Å². The molecule has 33 heavy (non-hydrogen) atoms. The molecule has 0 atom stereocenters. The molecule has 0 fully saturated rings. The van der Waals surface area contributed by atoms with Crippen molar-refractivity contribution in [3.63, 3.8) is 0 Å². The van der Waals surface area contributed by atoms with Gasteiger partial charge in [0, 0.05) is 6.42 Å². The average molecular weight is 443 g/mol. The van der Waals surface area contributed by atoms with Gasteiger partial charge in [-0.15, -0.1) is 0 Å². The Kier molecular flexibility index (Phi) is 6.71. The van der Waals surface area contributed by atoms with Crippen molar-refractivity contribution in [1.82, 2.24) is 10.9 Å². The summed E-state index contributed by atoms with van der Waals surface area (Å²) in [5.74, 6) is 1.11. The number of aryl methyl sites for hydroxylation is 1. The summed E-state index contributed by atoms with van der Waals surface area (Å²) in [6, 6.07) is 22.1. The van der Waals surface area contributed by atoms with E-state index in [1.807, 2.05) is 42.5 Å². The number of hydrogen-bond donors (Lipinski definition) is 2. The molecule has 1 heterocycles. The first-order valence-corrected chi connectivity index (χ1v) is 10.3. The highest BCUT2D eigenvalue weighted by Gasteiger charge is 2.14. The van der Waals surface area contributed by atoms with Gasteiger partial charge in [-0.2, -0.15) is 5.26 Å². The lowest BCUT2D eigenvalue weighted by Crippen LogP contribution is -2.43. The smallest absolute Gasteiger partial charge is 0.276 e. The summed E-state index contributed by atoms with van der Waals surface area (Å²) in [4.78, 5) is 24.0. The van der Waals surface area contributed by atoms with Gasteiger partial charge in [0.1, 0.15) is 5.75 Å². The zero-order valence-electron chi connectivity index (χ0n) is 17.7. The van der Waals surface area contributed by atoms with Crippen LogP contribution in [0.5, 0.6) is 17.2 Å². The number of rotatable bonds is 7. The van der Waals surface area contributed by atoms with Gasteiger partial charge in [-0.3, -0.25) is 20.4 Å². The first kappa shape index (κ1) is 21.7. The average Bonchev–Trinajstić information content (AvgIpc) is 3.33. The van der Waals surface area contributed by atoms with E-state index in [-0.39, 0.29) is 25.7 Å². The number of carbonyl (C=O) groups excluding carboxylic acids is 2. The Balaban J connectivity index is 1.17. The Morgan fingerprint density at radius 2 is 1.55 bits per heavy atom. The normalized spacial score (nSPS) is 11.4. The molecule has 0 aromatic heterocycles. The number of benzene rings is 3. The Labute approximate surface area is 190 Å². The van der Waals surface area contributed by atoms with Crippen LogP contribution >= 0.6 is 0 Å². The van der Waals surface area contributed by atoms with Gasteiger partial charge in [-0.1, -0.05) is 30.3 Å². The molecule has 0 saturated carbocycles. The number of nitrogens with zero attached hydrogens (tertiary/aromatic N) is 1. The molecule has 0 saturated heterocycles. The minimum absolute atomic E-state index is 0.203. The van der Waals surface area contributed by atoms with E-state index >= 15 is 0 Å². The van der Waals surface area contributed by atoms with Crippen molar-refractivity contribution in [3.8, 4) is 34.4 Å². The lowest BCUT2D eigenvalue weighted by Gasteiger charge is -2.10. The molecule has 0 spiro atoms. The third kappa shape index (κ3) is 5.80. The molecule has 166 valence electrons. The van der Waals surface area contributed by atoms with Crippen LogP contribution in [-0.2, 0) is 16.0 Å². The Morgan fingerprint density at radius 1 is 0.879 bits per heavy atom. The van der Waals surface area contributed by atoms with E-state index in [1.165, 1.54) is 0 Å². The second-order valence-electron chi connectivity index (χ2n) is 7.29. The van der Waals surface area contributed by atoms with Gasteiger partial charge in [-0.25, -0.2) is 0 Å². The maximum Gasteiger partial charge on any atom is 0.276 e. The summed E-state index contributed by atoms with van der Waals surface area (Å²) in [5, 5.41) is 8.88. The van der Waals surface area contributed by atoms with E-state index in [1.54, 1.807) is 24.3 Å². The van der Waals surface area contributed by atoms with Crippen molar-refractivity contribution in [1.29, 1.82) is 5.26 Å². The SMILES string of the molecule is N#Cc1ccc(-c2ccc(OCC(=O)NNC(=O)CCc3ccc4c(c3)OCO4)cc2)cc1. The summed E-state index contributed by atoms with van der Waals surface area (Å²) in [5.41, 5.74) is 8.21. The molecule has 0 radical (unpaired) electrons. The predicted molar refractivity (Wildman–Crippen MR) is 119 cm³/mol. The highest BCUT2D eigenvalue weighted by atomic mass is 16.7. The van der Waals surface area contributed by atoms with Crippen molar-refractivity contribution < 1.29 is 23.8 Å². The maximum absolute atomic E-state index is 12.0. The Hall–Kier alpha value is -4.51. The topological polar surface area (TPSA) is 110 Å². The van der Waals surface area contributed by atoms with Gasteiger partial charge in [0.05, 0.1) is 11.6 Å². The van der Waals surface area contributed by atoms with E-state index in [0.717, 1.165) is 16.7 Å². The lowest BCUT2D eigenvalue weighted by molar-refractivity contribution is -0.130. The summed E-state index contributed by atoms with van der Waals surface area (Å²) < 4.78 is 16.1. The first-order chi connectivity index (χ1) is 16.1. The van der Waals surface area contributed by atoms with Gasteiger partial charge < -0.3 is 14.2 Å². The number of hydrogen-bond acceptors (Lipinski definition) is 6. The fourth-order valence-corrected chi connectivity index (χ4v) is 3.22. The van der Waals surface area contributed by atoms with Gasteiger partial charge >= 0.3 is 0 Å². The van der Waals surface area contributed by atoms with E-state index in [0.29, 0.717) is 29.2 Å². The van der Waals surface area contributed by atoms with Crippen LogP contribution in [0.4, 0.5) is 0 Å². The standard InChI is InChI=1S/C25H21N3O5/c26-14-18-1-5-19(6-2-18)20-7-9-21(10-8-20)31-15-25(30)28-27-24(29)12-4-17-3-11-22-23(13-17)33-16-32-22/h1-3,5-11,13H,4,12,15-16H2,(H,27,29)(H,28,30). The molecule has 2 amide bonds. The van der Waals surface area contributed by atoms with Gasteiger partial charge in [0.15, 0.2) is 18.1 Å². The molecular formula is C25H21N3O5. The molecule has 0 aliphatic carbocycles. The molecule has 1 aliphatic heterocycles. The maximum atomic E-state index is 12.0. The van der Waals surface area contributed by atoms with Crippen molar-refractivity contribution in [3.05, 3.63) is 77.9 Å². The molecular weight excluding hydrogens is 422 g/mol. The second kappa shape index (κ2) is 10.2. The predicted octanol–water partition coefficient (Wildman–Crippen LogP) is 3.11. The number of fused-ring (bicyclic) bond motifs is 1. The molecule has 8 heteroatoms. The van der Waals surface area contributed by atoms with Crippen LogP contribution in [0.15, 0.2) is 66.7 Å². The van der Waals surface area contributed by atoms with Gasteiger partial charge in [0.25, 0.3) is 5.91 Å². The third-order valence-corrected chi connectivity index (χ3v) is 4.99. The molecule has 3 aromatic carbocycles. The van der Waals surface area contributed by atoms with Crippen LogP contribution in [0.2, 0.25) is 0 Å². The summed E-state index contributed by atoms with van der Waals surface area (Å²) in [7, 11) is 0. The first-order valence-electron chi connectivity index (χ1n) is 10.3. The molecule has 0 bridgehead atoms. The molecule has 1 aliphatic rings. The third-order valence-electron chi connectivity index (χ3n) is 4.99. The Bertz CT molecular complexity index is 1180. The highest BCUT2D eigenvalue weighted by Crippen LogP contribution is 2.32. The van der Waals surface area contributed by atoms with Crippen LogP contribution in [0.3, 0.4) is 0 Å². The number of carbonyl (C=O) groups is 2. The summed E-state index contributed by atoms with van der Waals surface area (Å²) in [6.07, 6.45) is 0.706. The van der Waals surface area contributed by atoms with E-state index < -0.39 is 5.91 Å². The van der Waals surface area contributed by atoms with Gasteiger partial charge in [0.2, 0.25) is 12.7 Å². The molecule has 4 rings (SSSR count). The number of nitriles is 1. The lowest BCUT2D eigenvalue weighted by atomic mass is 10.0. The number of amides is 2. The fraction of sp³-hybridized carbons (Fsp3) is 0.160. The van der Waals surface area contributed by atoms with E-state index in [2.05, 4.69) is 16.9 Å². The van der Waals surface area contributed by atoms with Crippen molar-refractivity contribution >= 4 is 11.8 Å². The van der Waals surface area contributed by atoms with E-state index in [9.17, 15) is 9.59 Å².